The number of rotatable bonds is 10. The Hall–Kier alpha value is -3.81. The quantitative estimate of drug-likeness (QED) is 0.114. The molecule has 0 saturated carbocycles. The van der Waals surface area contributed by atoms with Gasteiger partial charge in [0.25, 0.3) is 0 Å². The molecule has 2 aromatic rings. The zero-order chi connectivity index (χ0) is 23.5. The largest absolute Gasteiger partial charge is 0.506 e. The van der Waals surface area contributed by atoms with Crippen LogP contribution in [-0.2, 0) is 19.1 Å². The van der Waals surface area contributed by atoms with Gasteiger partial charge in [-0.25, -0.2) is 10.2 Å². The van der Waals surface area contributed by atoms with Crippen LogP contribution in [0.2, 0.25) is 0 Å². The average Bonchev–Trinajstić information content (AvgIpc) is 2.76. The number of phenols is 1. The normalized spacial score (nSPS) is 10.1. The van der Waals surface area contributed by atoms with E-state index in [0.29, 0.717) is 23.0 Å². The molecule has 172 valence electrons. The van der Waals surface area contributed by atoms with Gasteiger partial charge < -0.3 is 25.2 Å². The summed E-state index contributed by atoms with van der Waals surface area (Å²) >= 11 is 1.27. The Morgan fingerprint density at radius 1 is 1.09 bits per heavy atom. The van der Waals surface area contributed by atoms with Crippen LogP contribution in [0.5, 0.6) is 5.75 Å². The van der Waals surface area contributed by atoms with Crippen molar-refractivity contribution in [2.24, 2.45) is 0 Å². The lowest BCUT2D eigenvalue weighted by atomic mass is 10.2. The Kier molecular flexibility index (Phi) is 9.28. The third kappa shape index (κ3) is 8.14. The molecule has 1 aromatic carbocycles. The Morgan fingerprint density at radius 3 is 2.50 bits per heavy atom. The molecule has 0 atom stereocenters. The molecule has 0 unspecified atom stereocenters. The fourth-order valence-corrected chi connectivity index (χ4v) is 2.98. The van der Waals surface area contributed by atoms with Crippen LogP contribution in [0.15, 0.2) is 23.4 Å². The van der Waals surface area contributed by atoms with Crippen molar-refractivity contribution in [1.29, 1.82) is 0 Å². The Morgan fingerprint density at radius 2 is 1.84 bits per heavy atom. The van der Waals surface area contributed by atoms with E-state index in [0.717, 1.165) is 0 Å². The van der Waals surface area contributed by atoms with Gasteiger partial charge in [0.1, 0.15) is 5.75 Å². The third-order valence-electron chi connectivity index (χ3n) is 3.63. The van der Waals surface area contributed by atoms with Crippen molar-refractivity contribution in [1.82, 2.24) is 20.4 Å². The SMILES string of the molecule is COC(=O)CCCSc1nc(NNC(=O)OC)nc(Nc2ccc(NC(C)=O)c(O)c2)n1. The number of hydrogen-bond donors (Lipinski definition) is 5. The number of phenolic OH excluding ortho intramolecular Hbond substituents is 1. The highest BCUT2D eigenvalue weighted by Crippen LogP contribution is 2.28. The topological polar surface area (TPSA) is 177 Å². The highest BCUT2D eigenvalue weighted by Gasteiger charge is 2.11. The summed E-state index contributed by atoms with van der Waals surface area (Å²) < 4.78 is 9.09. The fourth-order valence-electron chi connectivity index (χ4n) is 2.21. The van der Waals surface area contributed by atoms with Crippen molar-refractivity contribution in [2.75, 3.05) is 36.0 Å². The number of esters is 1. The maximum Gasteiger partial charge on any atom is 0.425 e. The van der Waals surface area contributed by atoms with E-state index in [9.17, 15) is 19.5 Å². The van der Waals surface area contributed by atoms with Gasteiger partial charge in [0.05, 0.1) is 19.9 Å². The van der Waals surface area contributed by atoms with Gasteiger partial charge in [0.15, 0.2) is 5.16 Å². The van der Waals surface area contributed by atoms with Crippen LogP contribution in [0.3, 0.4) is 0 Å². The smallest absolute Gasteiger partial charge is 0.425 e. The van der Waals surface area contributed by atoms with Crippen LogP contribution in [0.4, 0.5) is 28.1 Å². The molecular formula is C18H23N7O6S. The second-order valence-corrected chi connectivity index (χ2v) is 7.14. The number of thioether (sulfide) groups is 1. The Bertz CT molecular complexity index is 975. The number of nitrogens with one attached hydrogen (secondary N) is 4. The van der Waals surface area contributed by atoms with E-state index in [2.05, 4.69) is 45.9 Å². The first-order valence-corrected chi connectivity index (χ1v) is 10.2. The number of hydrazine groups is 1. The van der Waals surface area contributed by atoms with E-state index < -0.39 is 6.09 Å². The third-order valence-corrected chi connectivity index (χ3v) is 4.56. The molecule has 0 aliphatic heterocycles. The van der Waals surface area contributed by atoms with Gasteiger partial charge in [-0.3, -0.25) is 15.0 Å². The summed E-state index contributed by atoms with van der Waals surface area (Å²) in [5.41, 5.74) is 5.46. The second kappa shape index (κ2) is 12.1. The van der Waals surface area contributed by atoms with Crippen molar-refractivity contribution < 1.29 is 29.0 Å². The standard InChI is InChI=1S/C18H23N7O6S/c1-10(26)19-12-7-6-11(9-13(12)27)20-15-21-16(24-25-18(29)31-3)23-17(22-15)32-8-4-5-14(28)30-2/h6-7,9,27H,4-5,8H2,1-3H3,(H,19,26)(H,25,29)(H2,20,21,22,23,24). The Labute approximate surface area is 187 Å². The number of carbonyl (C=O) groups excluding carboxylic acids is 3. The van der Waals surface area contributed by atoms with Gasteiger partial charge in [0.2, 0.25) is 17.8 Å². The number of ether oxygens (including phenoxy) is 2. The highest BCUT2D eigenvalue weighted by atomic mass is 32.2. The minimum absolute atomic E-state index is 0.0301. The van der Waals surface area contributed by atoms with Crippen molar-refractivity contribution >= 4 is 53.0 Å². The first kappa shape index (κ1) is 24.5. The van der Waals surface area contributed by atoms with Crippen molar-refractivity contribution in [3.05, 3.63) is 18.2 Å². The first-order valence-electron chi connectivity index (χ1n) is 9.24. The zero-order valence-electron chi connectivity index (χ0n) is 17.6. The van der Waals surface area contributed by atoms with Crippen LogP contribution >= 0.6 is 11.8 Å². The summed E-state index contributed by atoms with van der Waals surface area (Å²) in [5.74, 6) is -0.0905. The number of methoxy groups -OCH3 is 2. The summed E-state index contributed by atoms with van der Waals surface area (Å²) in [4.78, 5) is 46.3. The number of hydrogen-bond acceptors (Lipinski definition) is 12. The molecule has 14 heteroatoms. The predicted molar refractivity (Wildman–Crippen MR) is 117 cm³/mol. The van der Waals surface area contributed by atoms with E-state index in [1.54, 1.807) is 6.07 Å². The number of aromatic hydroxyl groups is 1. The van der Waals surface area contributed by atoms with Crippen LogP contribution in [0.25, 0.3) is 0 Å². The summed E-state index contributed by atoms with van der Waals surface area (Å²) in [5, 5.41) is 15.8. The summed E-state index contributed by atoms with van der Waals surface area (Å²) in [6, 6.07) is 4.51. The van der Waals surface area contributed by atoms with E-state index in [1.807, 2.05) is 0 Å². The molecule has 1 aromatic heterocycles. The highest BCUT2D eigenvalue weighted by molar-refractivity contribution is 7.99. The van der Waals surface area contributed by atoms with Gasteiger partial charge in [-0.15, -0.1) is 0 Å². The lowest BCUT2D eigenvalue weighted by Gasteiger charge is -2.11. The van der Waals surface area contributed by atoms with Crippen LogP contribution < -0.4 is 21.5 Å². The summed E-state index contributed by atoms with van der Waals surface area (Å²) in [6.45, 7) is 1.33. The number of nitrogens with zero attached hydrogens (tertiary/aromatic N) is 3. The molecule has 0 radical (unpaired) electrons. The number of carbonyl (C=O) groups is 3. The molecular weight excluding hydrogens is 442 g/mol. The number of aromatic nitrogens is 3. The predicted octanol–water partition coefficient (Wildman–Crippen LogP) is 2.01. The molecule has 0 bridgehead atoms. The molecule has 2 rings (SSSR count). The molecule has 1 heterocycles. The van der Waals surface area contributed by atoms with Gasteiger partial charge in [0, 0.05) is 30.9 Å². The second-order valence-electron chi connectivity index (χ2n) is 6.07. The van der Waals surface area contributed by atoms with E-state index in [4.69, 9.17) is 0 Å². The lowest BCUT2D eigenvalue weighted by Crippen LogP contribution is -2.30. The van der Waals surface area contributed by atoms with E-state index in [1.165, 1.54) is 45.0 Å². The molecule has 0 spiro atoms. The molecule has 0 aliphatic rings. The van der Waals surface area contributed by atoms with E-state index in [-0.39, 0.29) is 41.6 Å². The van der Waals surface area contributed by atoms with Crippen LogP contribution in [-0.4, -0.2) is 58.0 Å². The monoisotopic (exact) mass is 465 g/mol. The molecule has 5 N–H and O–H groups in total. The molecule has 0 aliphatic carbocycles. The Balaban J connectivity index is 2.16. The first-order chi connectivity index (χ1) is 15.3. The minimum atomic E-state index is -0.745. The van der Waals surface area contributed by atoms with Gasteiger partial charge in [-0.1, -0.05) is 11.8 Å². The maximum atomic E-state index is 11.3. The van der Waals surface area contributed by atoms with Crippen molar-refractivity contribution in [3.8, 4) is 5.75 Å². The lowest BCUT2D eigenvalue weighted by molar-refractivity contribution is -0.140. The maximum absolute atomic E-state index is 11.3. The molecule has 32 heavy (non-hydrogen) atoms. The zero-order valence-corrected chi connectivity index (χ0v) is 18.4. The minimum Gasteiger partial charge on any atom is -0.506 e. The summed E-state index contributed by atoms with van der Waals surface area (Å²) in [7, 11) is 2.53. The number of anilines is 4. The molecule has 0 saturated heterocycles. The number of amides is 2. The van der Waals surface area contributed by atoms with Crippen molar-refractivity contribution in [2.45, 2.75) is 24.9 Å². The van der Waals surface area contributed by atoms with E-state index >= 15 is 0 Å². The molecule has 13 nitrogen and oxygen atoms in total. The molecule has 2 amide bonds. The molecule has 0 fully saturated rings. The summed E-state index contributed by atoms with van der Waals surface area (Å²) in [6.07, 6.45) is 0.0629. The average molecular weight is 465 g/mol. The van der Waals surface area contributed by atoms with Gasteiger partial charge in [-0.2, -0.15) is 15.0 Å². The van der Waals surface area contributed by atoms with Crippen molar-refractivity contribution in [3.63, 3.8) is 0 Å². The van der Waals surface area contributed by atoms with Crippen LogP contribution in [0.1, 0.15) is 19.8 Å². The fraction of sp³-hybridized carbons (Fsp3) is 0.333. The van der Waals surface area contributed by atoms with Crippen LogP contribution in [0, 0.1) is 0 Å². The van der Waals surface area contributed by atoms with Gasteiger partial charge >= 0.3 is 12.1 Å². The number of benzene rings is 1. The van der Waals surface area contributed by atoms with Gasteiger partial charge in [-0.05, 0) is 18.6 Å².